The molecular weight excluding hydrogens is 346 g/mol. The smallest absolute Gasteiger partial charge is 0.265 e. The highest BCUT2D eigenvalue weighted by atomic mass is 32.1. The Morgan fingerprint density at radius 1 is 1.12 bits per heavy atom. The van der Waals surface area contributed by atoms with Gasteiger partial charge in [0.05, 0.1) is 0 Å². The number of hydrogen-bond donors (Lipinski definition) is 1. The zero-order valence-corrected chi connectivity index (χ0v) is 16.1. The number of amides is 2. The largest absolute Gasteiger partial charge is 0.318 e. The van der Waals surface area contributed by atoms with E-state index in [1.165, 1.54) is 10.5 Å². The number of aromatic nitrogens is 1. The number of hydrogen-bond acceptors (Lipinski definition) is 3. The SMILES string of the molecule is CCN1C(=O)/C(=C/c2cc(C)n(-c3ccc(C)cc3)c2C)C(=O)NC1=S. The van der Waals surface area contributed by atoms with Gasteiger partial charge in [-0.1, -0.05) is 17.7 Å². The second-order valence-corrected chi connectivity index (χ2v) is 6.75. The topological polar surface area (TPSA) is 54.3 Å². The Hall–Kier alpha value is -2.73. The van der Waals surface area contributed by atoms with Gasteiger partial charge in [0, 0.05) is 23.6 Å². The molecule has 1 saturated heterocycles. The maximum Gasteiger partial charge on any atom is 0.265 e. The number of carbonyl (C=O) groups excluding carboxylic acids is 2. The van der Waals surface area contributed by atoms with Crippen molar-refractivity contribution >= 4 is 35.2 Å². The first-order valence-corrected chi connectivity index (χ1v) is 8.89. The maximum absolute atomic E-state index is 12.6. The first kappa shape index (κ1) is 18.1. The normalized spacial score (nSPS) is 16.4. The summed E-state index contributed by atoms with van der Waals surface area (Å²) >= 11 is 5.06. The van der Waals surface area contributed by atoms with E-state index in [0.717, 1.165) is 22.6 Å². The number of nitrogens with one attached hydrogen (secondary N) is 1. The minimum Gasteiger partial charge on any atom is -0.318 e. The molecule has 1 aromatic carbocycles. The van der Waals surface area contributed by atoms with Crippen LogP contribution in [-0.4, -0.2) is 32.9 Å². The Morgan fingerprint density at radius 2 is 1.77 bits per heavy atom. The van der Waals surface area contributed by atoms with Crippen LogP contribution in [0.5, 0.6) is 0 Å². The summed E-state index contributed by atoms with van der Waals surface area (Å²) < 4.78 is 2.11. The van der Waals surface area contributed by atoms with Gasteiger partial charge in [0.1, 0.15) is 5.57 Å². The van der Waals surface area contributed by atoms with Gasteiger partial charge in [-0.3, -0.25) is 19.8 Å². The van der Waals surface area contributed by atoms with E-state index in [1.54, 1.807) is 6.08 Å². The van der Waals surface area contributed by atoms with E-state index in [0.29, 0.717) is 6.54 Å². The molecule has 1 aliphatic heterocycles. The summed E-state index contributed by atoms with van der Waals surface area (Å²) in [5.41, 5.74) is 5.18. The summed E-state index contributed by atoms with van der Waals surface area (Å²) in [6.07, 6.45) is 1.65. The van der Waals surface area contributed by atoms with E-state index in [4.69, 9.17) is 12.2 Å². The van der Waals surface area contributed by atoms with Gasteiger partial charge in [-0.2, -0.15) is 0 Å². The minimum atomic E-state index is -0.454. The lowest BCUT2D eigenvalue weighted by molar-refractivity contribution is -0.128. The third-order valence-corrected chi connectivity index (χ3v) is 4.89. The maximum atomic E-state index is 12.6. The Labute approximate surface area is 158 Å². The summed E-state index contributed by atoms with van der Waals surface area (Å²) in [4.78, 5) is 26.3. The van der Waals surface area contributed by atoms with Crippen molar-refractivity contribution in [2.45, 2.75) is 27.7 Å². The van der Waals surface area contributed by atoms with Crippen LogP contribution in [0.1, 0.15) is 29.4 Å². The predicted molar refractivity (Wildman–Crippen MR) is 106 cm³/mol. The van der Waals surface area contributed by atoms with E-state index in [2.05, 4.69) is 34.1 Å². The number of nitrogens with zero attached hydrogens (tertiary/aromatic N) is 2. The van der Waals surface area contributed by atoms with Crippen molar-refractivity contribution < 1.29 is 9.59 Å². The third-order valence-electron chi connectivity index (χ3n) is 4.56. The molecule has 5 nitrogen and oxygen atoms in total. The molecule has 26 heavy (non-hydrogen) atoms. The van der Waals surface area contributed by atoms with Crippen molar-refractivity contribution in [2.75, 3.05) is 6.54 Å². The first-order valence-electron chi connectivity index (χ1n) is 8.48. The molecule has 2 aromatic rings. The summed E-state index contributed by atoms with van der Waals surface area (Å²) in [5, 5.41) is 2.74. The van der Waals surface area contributed by atoms with Gasteiger partial charge >= 0.3 is 0 Å². The van der Waals surface area contributed by atoms with Gasteiger partial charge in [-0.25, -0.2) is 0 Å². The molecule has 2 heterocycles. The number of likely N-dealkylation sites (N-methyl/N-ethyl adjacent to an activating group) is 1. The molecule has 1 N–H and O–H groups in total. The van der Waals surface area contributed by atoms with Crippen molar-refractivity contribution in [3.63, 3.8) is 0 Å². The number of benzene rings is 1. The predicted octanol–water partition coefficient (Wildman–Crippen LogP) is 3.05. The Bertz CT molecular complexity index is 939. The van der Waals surface area contributed by atoms with Crippen LogP contribution in [0.3, 0.4) is 0 Å². The molecule has 0 spiro atoms. The number of aryl methyl sites for hydroxylation is 2. The number of rotatable bonds is 3. The van der Waals surface area contributed by atoms with E-state index in [1.807, 2.05) is 33.8 Å². The van der Waals surface area contributed by atoms with Crippen LogP contribution >= 0.6 is 12.2 Å². The molecule has 3 rings (SSSR count). The lowest BCUT2D eigenvalue weighted by atomic mass is 10.1. The molecule has 1 aliphatic rings. The average Bonchev–Trinajstić information content (AvgIpc) is 2.86. The highest BCUT2D eigenvalue weighted by Gasteiger charge is 2.32. The number of carbonyl (C=O) groups is 2. The van der Waals surface area contributed by atoms with Crippen LogP contribution in [0.2, 0.25) is 0 Å². The van der Waals surface area contributed by atoms with Crippen molar-refractivity contribution in [1.82, 2.24) is 14.8 Å². The third kappa shape index (κ3) is 3.08. The summed E-state index contributed by atoms with van der Waals surface area (Å²) in [6.45, 7) is 8.27. The van der Waals surface area contributed by atoms with E-state index < -0.39 is 5.91 Å². The van der Waals surface area contributed by atoms with E-state index in [9.17, 15) is 9.59 Å². The zero-order chi connectivity index (χ0) is 19.0. The van der Waals surface area contributed by atoms with Gasteiger partial charge < -0.3 is 4.57 Å². The molecule has 6 heteroatoms. The van der Waals surface area contributed by atoms with Crippen molar-refractivity contribution in [3.05, 3.63) is 58.4 Å². The molecule has 2 amide bonds. The molecule has 0 unspecified atom stereocenters. The van der Waals surface area contributed by atoms with Crippen molar-refractivity contribution in [3.8, 4) is 5.69 Å². The Balaban J connectivity index is 2.05. The van der Waals surface area contributed by atoms with Crippen LogP contribution in [-0.2, 0) is 9.59 Å². The van der Waals surface area contributed by atoms with Crippen LogP contribution in [0.4, 0.5) is 0 Å². The molecule has 0 saturated carbocycles. The quantitative estimate of drug-likeness (QED) is 0.515. The van der Waals surface area contributed by atoms with Gasteiger partial charge in [0.15, 0.2) is 5.11 Å². The Kier molecular flexibility index (Phi) is 4.78. The van der Waals surface area contributed by atoms with Gasteiger partial charge in [-0.05, 0) is 69.8 Å². The van der Waals surface area contributed by atoms with Crippen molar-refractivity contribution in [1.29, 1.82) is 0 Å². The van der Waals surface area contributed by atoms with Crippen LogP contribution in [0.15, 0.2) is 35.9 Å². The molecule has 1 fully saturated rings. The molecular formula is C20H21N3O2S. The minimum absolute atomic E-state index is 0.101. The molecule has 0 atom stereocenters. The second kappa shape index (κ2) is 6.88. The van der Waals surface area contributed by atoms with Gasteiger partial charge in [0.2, 0.25) is 0 Å². The Morgan fingerprint density at radius 3 is 2.38 bits per heavy atom. The highest BCUT2D eigenvalue weighted by Crippen LogP contribution is 2.24. The summed E-state index contributed by atoms with van der Waals surface area (Å²) in [7, 11) is 0. The fraction of sp³-hybridized carbons (Fsp3) is 0.250. The summed E-state index contributed by atoms with van der Waals surface area (Å²) in [6, 6.07) is 10.2. The fourth-order valence-electron chi connectivity index (χ4n) is 3.16. The first-order chi connectivity index (χ1) is 12.3. The average molecular weight is 367 g/mol. The zero-order valence-electron chi connectivity index (χ0n) is 15.3. The molecule has 0 bridgehead atoms. The van der Waals surface area contributed by atoms with Crippen molar-refractivity contribution in [2.24, 2.45) is 0 Å². The molecule has 134 valence electrons. The molecule has 0 aliphatic carbocycles. The van der Waals surface area contributed by atoms with E-state index >= 15 is 0 Å². The lowest BCUT2D eigenvalue weighted by Crippen LogP contribution is -2.53. The standard InChI is InChI=1S/C20H21N3O2S/c1-5-22-19(25)17(18(24)21-20(22)26)11-15-10-13(3)23(14(15)4)16-8-6-12(2)7-9-16/h6-11H,5H2,1-4H3,(H,21,24,26)/b17-11+. The second-order valence-electron chi connectivity index (χ2n) is 6.36. The van der Waals surface area contributed by atoms with E-state index in [-0.39, 0.29) is 16.6 Å². The lowest BCUT2D eigenvalue weighted by Gasteiger charge is -2.27. The summed E-state index contributed by atoms with van der Waals surface area (Å²) in [5.74, 6) is -0.814. The highest BCUT2D eigenvalue weighted by molar-refractivity contribution is 7.80. The molecule has 0 radical (unpaired) electrons. The monoisotopic (exact) mass is 367 g/mol. The van der Waals surface area contributed by atoms with Crippen LogP contribution in [0, 0.1) is 20.8 Å². The fourth-order valence-corrected chi connectivity index (χ4v) is 3.47. The number of thiocarbonyl (C=S) groups is 1. The van der Waals surface area contributed by atoms with Crippen LogP contribution in [0.25, 0.3) is 11.8 Å². The van der Waals surface area contributed by atoms with Gasteiger partial charge in [0.25, 0.3) is 11.8 Å². The van der Waals surface area contributed by atoms with Gasteiger partial charge in [-0.15, -0.1) is 0 Å². The van der Waals surface area contributed by atoms with Crippen LogP contribution < -0.4 is 5.32 Å². The molecule has 1 aromatic heterocycles.